The first-order valence-electron chi connectivity index (χ1n) is 13.4. The molecule has 0 spiro atoms. The summed E-state index contributed by atoms with van der Waals surface area (Å²) in [6.07, 6.45) is 0.142. The largest absolute Gasteiger partial charge is 0.491 e. The summed E-state index contributed by atoms with van der Waals surface area (Å²) in [5.74, 6) is 1.11. The van der Waals surface area contributed by atoms with Crippen molar-refractivity contribution in [2.24, 2.45) is 0 Å². The third-order valence-corrected chi connectivity index (χ3v) is 6.55. The van der Waals surface area contributed by atoms with Gasteiger partial charge >= 0.3 is 6.03 Å². The van der Waals surface area contributed by atoms with E-state index in [1.54, 1.807) is 37.3 Å². The van der Waals surface area contributed by atoms with Crippen LogP contribution >= 0.6 is 0 Å². The van der Waals surface area contributed by atoms with E-state index in [2.05, 4.69) is 21.3 Å². The highest BCUT2D eigenvalue weighted by molar-refractivity contribution is 5.95. The smallest absolute Gasteiger partial charge is 0.315 e. The van der Waals surface area contributed by atoms with E-state index >= 15 is 0 Å². The maximum atomic E-state index is 12.9. The number of hydrogen-bond acceptors (Lipinski definition) is 8. The van der Waals surface area contributed by atoms with E-state index in [1.807, 2.05) is 24.3 Å². The molecule has 1 fully saturated rings. The summed E-state index contributed by atoms with van der Waals surface area (Å²) in [4.78, 5) is 39.8. The second kappa shape index (κ2) is 14.5. The zero-order chi connectivity index (χ0) is 28.3. The Balaban J connectivity index is 1.57. The van der Waals surface area contributed by atoms with Crippen LogP contribution in [0, 0.1) is 0 Å². The number of amides is 4. The number of fused-ring (bicyclic) bond motifs is 5. The fourth-order valence-corrected chi connectivity index (χ4v) is 4.54. The molecule has 4 rings (SSSR count). The maximum Gasteiger partial charge on any atom is 0.315 e. The van der Waals surface area contributed by atoms with Crippen LogP contribution in [-0.4, -0.2) is 95.0 Å². The maximum absolute atomic E-state index is 12.9. The van der Waals surface area contributed by atoms with E-state index in [-0.39, 0.29) is 50.1 Å². The third kappa shape index (κ3) is 8.31. The van der Waals surface area contributed by atoms with Crippen molar-refractivity contribution in [2.75, 3.05) is 60.1 Å². The van der Waals surface area contributed by atoms with Crippen LogP contribution in [0.25, 0.3) is 0 Å². The Morgan fingerprint density at radius 3 is 2.77 bits per heavy atom. The average Bonchev–Trinajstić information content (AvgIpc) is 2.94. The van der Waals surface area contributed by atoms with E-state index in [0.29, 0.717) is 55.5 Å². The first-order valence-corrected chi connectivity index (χ1v) is 13.4. The van der Waals surface area contributed by atoms with Gasteiger partial charge in [0.15, 0.2) is 0 Å². The molecule has 216 valence electrons. The molecule has 0 saturated carbocycles. The second-order valence-corrected chi connectivity index (χ2v) is 9.55. The third-order valence-electron chi connectivity index (χ3n) is 6.55. The van der Waals surface area contributed by atoms with Gasteiger partial charge in [0.1, 0.15) is 23.9 Å². The van der Waals surface area contributed by atoms with Crippen LogP contribution in [0.15, 0.2) is 42.5 Å². The average molecular weight is 556 g/mol. The van der Waals surface area contributed by atoms with Gasteiger partial charge in [-0.3, -0.25) is 9.59 Å². The highest BCUT2D eigenvalue weighted by Gasteiger charge is 2.33. The van der Waals surface area contributed by atoms with Crippen LogP contribution in [0.2, 0.25) is 0 Å². The number of rotatable bonds is 6. The van der Waals surface area contributed by atoms with E-state index in [0.717, 1.165) is 5.56 Å². The molecular formula is C28H37N5O7. The van der Waals surface area contributed by atoms with Crippen LogP contribution in [0.4, 0.5) is 4.79 Å². The number of likely N-dealkylation sites (N-methyl/N-ethyl adjacent to an activating group) is 1. The van der Waals surface area contributed by atoms with Gasteiger partial charge in [0, 0.05) is 44.9 Å². The minimum Gasteiger partial charge on any atom is -0.491 e. The van der Waals surface area contributed by atoms with Crippen LogP contribution < -0.4 is 30.7 Å². The molecule has 2 atom stereocenters. The number of benzene rings is 2. The first kappa shape index (κ1) is 29.1. The van der Waals surface area contributed by atoms with Crippen molar-refractivity contribution in [1.82, 2.24) is 26.2 Å². The Morgan fingerprint density at radius 1 is 1.10 bits per heavy atom. The van der Waals surface area contributed by atoms with Crippen molar-refractivity contribution in [1.29, 1.82) is 0 Å². The Hall–Kier alpha value is -3.87. The second-order valence-electron chi connectivity index (χ2n) is 9.55. The van der Waals surface area contributed by atoms with Gasteiger partial charge in [-0.15, -0.1) is 0 Å². The number of carbonyl (C=O) groups is 3. The van der Waals surface area contributed by atoms with Crippen molar-refractivity contribution in [3.05, 3.63) is 53.6 Å². The van der Waals surface area contributed by atoms with E-state index in [4.69, 9.17) is 18.9 Å². The summed E-state index contributed by atoms with van der Waals surface area (Å²) in [5.41, 5.74) is 1.21. The van der Waals surface area contributed by atoms with Crippen molar-refractivity contribution < 1.29 is 33.3 Å². The molecule has 2 aromatic rings. The Labute approximate surface area is 233 Å². The Bertz CT molecular complexity index is 1180. The summed E-state index contributed by atoms with van der Waals surface area (Å²) in [7, 11) is 3.31. The molecule has 0 aromatic heterocycles. The molecule has 0 radical (unpaired) electrons. The number of nitrogens with one attached hydrogen (secondary N) is 4. The molecule has 4 bridgehead atoms. The van der Waals surface area contributed by atoms with Gasteiger partial charge in [-0.25, -0.2) is 4.79 Å². The van der Waals surface area contributed by atoms with E-state index in [9.17, 15) is 14.4 Å². The lowest BCUT2D eigenvalue weighted by atomic mass is 10.0. The minimum atomic E-state index is -0.410. The zero-order valence-electron chi connectivity index (χ0n) is 22.9. The highest BCUT2D eigenvalue weighted by Crippen LogP contribution is 2.29. The van der Waals surface area contributed by atoms with Crippen molar-refractivity contribution >= 4 is 17.8 Å². The SMILES string of the molecule is CNCC(=O)N1CC[C@@H]2NC(=O)NCCNC(=O)c3cc(OCCOC)cc(c3)Oc3cccc(c3)CO[C@H]2C1. The molecule has 4 N–H and O–H groups in total. The van der Waals surface area contributed by atoms with E-state index < -0.39 is 6.10 Å². The molecule has 2 heterocycles. The monoisotopic (exact) mass is 555 g/mol. The summed E-state index contributed by atoms with van der Waals surface area (Å²) in [5, 5.41) is 11.5. The summed E-state index contributed by atoms with van der Waals surface area (Å²) in [6, 6.07) is 11.8. The molecular weight excluding hydrogens is 518 g/mol. The molecule has 12 heteroatoms. The van der Waals surface area contributed by atoms with E-state index in [1.165, 1.54) is 0 Å². The summed E-state index contributed by atoms with van der Waals surface area (Å²) >= 11 is 0. The van der Waals surface area contributed by atoms with Crippen molar-refractivity contribution in [2.45, 2.75) is 25.2 Å². The Kier molecular flexibility index (Phi) is 10.6. The standard InChI is InChI=1S/C28H37N5O7/c1-29-16-26(34)33-9-6-24-25(17-33)39-18-19-4-3-5-21(12-19)40-23-14-20(13-22(15-23)38-11-10-37-2)27(35)30-7-8-31-28(36)32-24/h3-5,12-15,24-25,29H,6-11,16-18H2,1-2H3,(H,30,35)(H2,31,32,36)/t24-,25-/m0/s1. The molecule has 12 nitrogen and oxygen atoms in total. The lowest BCUT2D eigenvalue weighted by molar-refractivity contribution is -0.135. The molecule has 2 aliphatic rings. The van der Waals surface area contributed by atoms with Gasteiger partial charge in [-0.1, -0.05) is 12.1 Å². The number of hydrogen-bond donors (Lipinski definition) is 4. The zero-order valence-corrected chi connectivity index (χ0v) is 22.9. The molecule has 0 aliphatic carbocycles. The van der Waals surface area contributed by atoms with Gasteiger partial charge in [0.2, 0.25) is 5.91 Å². The molecule has 2 aromatic carbocycles. The molecule has 4 amide bonds. The molecule has 2 aliphatic heterocycles. The number of likely N-dealkylation sites (tertiary alicyclic amines) is 1. The van der Waals surface area contributed by atoms with Crippen LogP contribution in [-0.2, 0) is 20.9 Å². The summed E-state index contributed by atoms with van der Waals surface area (Å²) < 4.78 is 23.2. The van der Waals surface area contributed by atoms with Gasteiger partial charge in [-0.2, -0.15) is 0 Å². The molecule has 0 unspecified atom stereocenters. The van der Waals surface area contributed by atoms with Gasteiger partial charge in [0.05, 0.1) is 31.9 Å². The fraction of sp³-hybridized carbons (Fsp3) is 0.464. The minimum absolute atomic E-state index is 0.0209. The quantitative estimate of drug-likeness (QED) is 0.391. The molecule has 40 heavy (non-hydrogen) atoms. The number of methoxy groups -OCH3 is 1. The number of urea groups is 1. The highest BCUT2D eigenvalue weighted by atomic mass is 16.5. The van der Waals surface area contributed by atoms with Crippen LogP contribution in [0.5, 0.6) is 17.2 Å². The van der Waals surface area contributed by atoms with Crippen LogP contribution in [0.3, 0.4) is 0 Å². The topological polar surface area (TPSA) is 139 Å². The van der Waals surface area contributed by atoms with Crippen LogP contribution in [0.1, 0.15) is 22.3 Å². The normalized spacial score (nSPS) is 20.0. The molecule has 1 saturated heterocycles. The predicted octanol–water partition coefficient (Wildman–Crippen LogP) is 1.25. The number of ether oxygens (including phenoxy) is 4. The van der Waals surface area contributed by atoms with Gasteiger partial charge < -0.3 is 45.1 Å². The van der Waals surface area contributed by atoms with Crippen molar-refractivity contribution in [3.8, 4) is 17.2 Å². The Morgan fingerprint density at radius 2 is 1.95 bits per heavy atom. The number of nitrogens with zero attached hydrogens (tertiary/aromatic N) is 1. The number of carbonyl (C=O) groups excluding carboxylic acids is 3. The predicted molar refractivity (Wildman–Crippen MR) is 147 cm³/mol. The lowest BCUT2D eigenvalue weighted by Crippen LogP contribution is -2.58. The summed E-state index contributed by atoms with van der Waals surface area (Å²) in [6.45, 7) is 2.51. The van der Waals surface area contributed by atoms with Gasteiger partial charge in [-0.05, 0) is 43.3 Å². The fourth-order valence-electron chi connectivity index (χ4n) is 4.54. The lowest BCUT2D eigenvalue weighted by Gasteiger charge is -2.38. The van der Waals surface area contributed by atoms with Gasteiger partial charge in [0.25, 0.3) is 5.91 Å². The van der Waals surface area contributed by atoms with Crippen molar-refractivity contribution in [3.63, 3.8) is 0 Å². The first-order chi connectivity index (χ1) is 19.4. The number of piperidine rings is 1.